The van der Waals surface area contributed by atoms with Crippen LogP contribution in [0.3, 0.4) is 0 Å². The number of carbonyl (C=O) groups is 2. The smallest absolute Gasteiger partial charge is 0.221 e. The Morgan fingerprint density at radius 1 is 1.15 bits per heavy atom. The molecule has 1 aromatic carbocycles. The molecule has 0 spiro atoms. The summed E-state index contributed by atoms with van der Waals surface area (Å²) in [5.74, 6) is -1.07. The number of alkyl halides is 1. The number of rotatable bonds is 5. The Morgan fingerprint density at radius 3 is 2.20 bits per heavy atom. The molecule has 1 rings (SSSR count). The van der Waals surface area contributed by atoms with Crippen LogP contribution in [0.15, 0.2) is 18.2 Å². The predicted molar refractivity (Wildman–Crippen MR) is 73.2 cm³/mol. The third kappa shape index (κ3) is 3.35. The van der Waals surface area contributed by atoms with Crippen LogP contribution in [-0.2, 0) is 4.79 Å². The van der Waals surface area contributed by atoms with Crippen molar-refractivity contribution in [2.45, 2.75) is 26.9 Å². The Kier molecular flexibility index (Phi) is 4.87. The van der Waals surface area contributed by atoms with E-state index in [-0.39, 0.29) is 11.3 Å². The molecule has 0 saturated carbocycles. The maximum absolute atomic E-state index is 14.1. The number of benzene rings is 1. The molecule has 0 heterocycles. The van der Waals surface area contributed by atoms with Gasteiger partial charge in [-0.1, -0.05) is 20.8 Å². The monoisotopic (exact) mass is 282 g/mol. The summed E-state index contributed by atoms with van der Waals surface area (Å²) in [4.78, 5) is 24.0. The summed E-state index contributed by atoms with van der Waals surface area (Å²) in [5, 5.41) is 0. The first-order chi connectivity index (χ1) is 9.22. The number of Topliss-reactive ketones (excluding diaryl/α,β-unsaturated/α-hetero) is 2. The molecule has 0 bridgehead atoms. The summed E-state index contributed by atoms with van der Waals surface area (Å²) in [7, 11) is 2.81. The van der Waals surface area contributed by atoms with Crippen molar-refractivity contribution < 1.29 is 23.5 Å². The summed E-state index contributed by atoms with van der Waals surface area (Å²) < 4.78 is 24.2. The number of hydrogen-bond acceptors (Lipinski definition) is 4. The van der Waals surface area contributed by atoms with Crippen LogP contribution in [0.4, 0.5) is 4.39 Å². The molecule has 0 aliphatic carbocycles. The minimum atomic E-state index is -2.21. The highest BCUT2D eigenvalue weighted by Gasteiger charge is 2.36. The Bertz CT molecular complexity index is 517. The van der Waals surface area contributed by atoms with E-state index >= 15 is 0 Å². The largest absolute Gasteiger partial charge is 0.497 e. The van der Waals surface area contributed by atoms with Gasteiger partial charge < -0.3 is 9.47 Å². The second kappa shape index (κ2) is 6.03. The van der Waals surface area contributed by atoms with Gasteiger partial charge in [-0.05, 0) is 18.2 Å². The normalized spacial score (nSPS) is 12.7. The van der Waals surface area contributed by atoms with E-state index in [4.69, 9.17) is 9.47 Å². The van der Waals surface area contributed by atoms with Crippen LogP contribution in [0.25, 0.3) is 0 Å². The quantitative estimate of drug-likeness (QED) is 0.615. The molecule has 0 N–H and O–H groups in total. The molecule has 0 saturated heterocycles. The van der Waals surface area contributed by atoms with Crippen LogP contribution < -0.4 is 9.47 Å². The Balaban J connectivity index is 3.17. The summed E-state index contributed by atoms with van der Waals surface area (Å²) in [6, 6.07) is 4.46. The average Bonchev–Trinajstić information content (AvgIpc) is 2.43. The lowest BCUT2D eigenvalue weighted by atomic mass is 9.85. The molecule has 110 valence electrons. The molecular weight excluding hydrogens is 263 g/mol. The highest BCUT2D eigenvalue weighted by molar-refractivity contribution is 6.15. The van der Waals surface area contributed by atoms with E-state index in [1.165, 1.54) is 26.4 Å². The van der Waals surface area contributed by atoms with Crippen molar-refractivity contribution in [3.63, 3.8) is 0 Å². The minimum Gasteiger partial charge on any atom is -0.497 e. The zero-order valence-electron chi connectivity index (χ0n) is 12.3. The van der Waals surface area contributed by atoms with Crippen LogP contribution in [-0.4, -0.2) is 32.0 Å². The van der Waals surface area contributed by atoms with Gasteiger partial charge in [-0.2, -0.15) is 0 Å². The minimum absolute atomic E-state index is 0.00282. The molecule has 4 nitrogen and oxygen atoms in total. The van der Waals surface area contributed by atoms with E-state index in [0.29, 0.717) is 5.75 Å². The number of halogens is 1. The maximum Gasteiger partial charge on any atom is 0.221 e. The standard InChI is InChI=1S/C15H19FO4/c1-15(2,3)14(18)12(16)13(17)10-8-9(19-4)6-7-11(10)20-5/h6-8,12H,1-5H3. The van der Waals surface area contributed by atoms with Crippen molar-refractivity contribution in [1.82, 2.24) is 0 Å². The Labute approximate surface area is 117 Å². The van der Waals surface area contributed by atoms with Gasteiger partial charge in [-0.3, -0.25) is 9.59 Å². The lowest BCUT2D eigenvalue weighted by Gasteiger charge is -2.19. The van der Waals surface area contributed by atoms with E-state index < -0.39 is 23.2 Å². The number of hydrogen-bond donors (Lipinski definition) is 0. The fourth-order valence-corrected chi connectivity index (χ4v) is 1.64. The molecule has 1 atom stereocenters. The molecule has 1 unspecified atom stereocenters. The fraction of sp³-hybridized carbons (Fsp3) is 0.467. The first kappa shape index (κ1) is 16.1. The Morgan fingerprint density at radius 2 is 1.75 bits per heavy atom. The predicted octanol–water partition coefficient (Wildman–Crippen LogP) is 2.84. The van der Waals surface area contributed by atoms with Gasteiger partial charge in [-0.15, -0.1) is 0 Å². The third-order valence-electron chi connectivity index (χ3n) is 2.87. The molecule has 20 heavy (non-hydrogen) atoms. The van der Waals surface area contributed by atoms with Crippen LogP contribution >= 0.6 is 0 Å². The van der Waals surface area contributed by atoms with Gasteiger partial charge >= 0.3 is 0 Å². The average molecular weight is 282 g/mol. The van der Waals surface area contributed by atoms with E-state index in [2.05, 4.69) is 0 Å². The van der Waals surface area contributed by atoms with Crippen molar-refractivity contribution in [1.29, 1.82) is 0 Å². The Hall–Kier alpha value is -1.91. The molecule has 0 aromatic heterocycles. The van der Waals surface area contributed by atoms with Gasteiger partial charge in [0.05, 0.1) is 19.8 Å². The van der Waals surface area contributed by atoms with Gasteiger partial charge in [0.25, 0.3) is 0 Å². The maximum atomic E-state index is 14.1. The third-order valence-corrected chi connectivity index (χ3v) is 2.87. The lowest BCUT2D eigenvalue weighted by molar-refractivity contribution is -0.129. The van der Waals surface area contributed by atoms with Gasteiger partial charge in [0.2, 0.25) is 12.0 Å². The lowest BCUT2D eigenvalue weighted by Crippen LogP contribution is -2.35. The van der Waals surface area contributed by atoms with Crippen LogP contribution in [0, 0.1) is 5.41 Å². The highest BCUT2D eigenvalue weighted by atomic mass is 19.1. The number of carbonyl (C=O) groups excluding carboxylic acids is 2. The van der Waals surface area contributed by atoms with Crippen molar-refractivity contribution in [3.8, 4) is 11.5 Å². The highest BCUT2D eigenvalue weighted by Crippen LogP contribution is 2.28. The van der Waals surface area contributed by atoms with Gasteiger partial charge in [-0.25, -0.2) is 4.39 Å². The summed E-state index contributed by atoms with van der Waals surface area (Å²) in [6.45, 7) is 4.70. The molecule has 0 radical (unpaired) electrons. The van der Waals surface area contributed by atoms with Crippen molar-refractivity contribution >= 4 is 11.6 Å². The van der Waals surface area contributed by atoms with Crippen molar-refractivity contribution in [2.75, 3.05) is 14.2 Å². The molecule has 5 heteroatoms. The van der Waals surface area contributed by atoms with Crippen molar-refractivity contribution in [2.24, 2.45) is 5.41 Å². The molecule has 0 aliphatic heterocycles. The molecule has 0 fully saturated rings. The molecule has 1 aromatic rings. The van der Waals surface area contributed by atoms with E-state index in [1.54, 1.807) is 26.8 Å². The van der Waals surface area contributed by atoms with Gasteiger partial charge in [0.15, 0.2) is 5.78 Å². The number of ketones is 2. The first-order valence-electron chi connectivity index (χ1n) is 6.17. The van der Waals surface area contributed by atoms with Gasteiger partial charge in [0, 0.05) is 5.41 Å². The second-order valence-electron chi connectivity index (χ2n) is 5.41. The topological polar surface area (TPSA) is 52.6 Å². The van der Waals surface area contributed by atoms with Crippen LogP contribution in [0.5, 0.6) is 11.5 Å². The SMILES string of the molecule is COc1ccc(OC)c(C(=O)C(F)C(=O)C(C)(C)C)c1. The van der Waals surface area contributed by atoms with Crippen LogP contribution in [0.1, 0.15) is 31.1 Å². The van der Waals surface area contributed by atoms with E-state index in [1.807, 2.05) is 0 Å². The van der Waals surface area contributed by atoms with E-state index in [0.717, 1.165) is 0 Å². The molecular formula is C15H19FO4. The summed E-state index contributed by atoms with van der Waals surface area (Å²) >= 11 is 0. The number of methoxy groups -OCH3 is 2. The van der Waals surface area contributed by atoms with Crippen molar-refractivity contribution in [3.05, 3.63) is 23.8 Å². The molecule has 0 aliphatic rings. The molecule has 0 amide bonds. The van der Waals surface area contributed by atoms with Crippen LogP contribution in [0.2, 0.25) is 0 Å². The number of ether oxygens (including phenoxy) is 2. The first-order valence-corrected chi connectivity index (χ1v) is 6.17. The zero-order chi connectivity index (χ0) is 15.5. The van der Waals surface area contributed by atoms with E-state index in [9.17, 15) is 14.0 Å². The summed E-state index contributed by atoms with van der Waals surface area (Å²) in [5.41, 5.74) is -0.932. The summed E-state index contributed by atoms with van der Waals surface area (Å²) in [6.07, 6.45) is -2.21. The fourth-order valence-electron chi connectivity index (χ4n) is 1.64. The zero-order valence-corrected chi connectivity index (χ0v) is 12.3. The second-order valence-corrected chi connectivity index (χ2v) is 5.41. The van der Waals surface area contributed by atoms with Gasteiger partial charge in [0.1, 0.15) is 11.5 Å².